The van der Waals surface area contributed by atoms with Gasteiger partial charge in [-0.1, -0.05) is 0 Å². The Kier molecular flexibility index (Phi) is 15.0. The van der Waals surface area contributed by atoms with Crippen LogP contribution in [-0.2, 0) is 28.4 Å². The van der Waals surface area contributed by atoms with Gasteiger partial charge in [-0.15, -0.1) is 0 Å². The van der Waals surface area contributed by atoms with Gasteiger partial charge < -0.3 is 92.7 Å². The molecule has 9 N–H and O–H groups in total. The number of aromatic nitrogens is 3. The largest absolute Gasteiger partial charge is 0.505 e. The van der Waals surface area contributed by atoms with Crippen molar-refractivity contribution in [1.82, 2.24) is 15.0 Å². The summed E-state index contributed by atoms with van der Waals surface area (Å²) in [5, 5.41) is 50.4. The van der Waals surface area contributed by atoms with Crippen LogP contribution in [0.15, 0.2) is 73.2 Å². The molecule has 25 heteroatoms. The first kappa shape index (κ1) is 56.3. The molecule has 2 aliphatic heterocycles. The highest BCUT2D eigenvalue weighted by Gasteiger charge is 2.55. The van der Waals surface area contributed by atoms with Crippen LogP contribution in [0.3, 0.4) is 0 Å². The van der Waals surface area contributed by atoms with E-state index in [1.807, 2.05) is 0 Å². The molecule has 0 aliphatic carbocycles. The van der Waals surface area contributed by atoms with Gasteiger partial charge in [0.15, 0.2) is 47.3 Å². The summed E-state index contributed by atoms with van der Waals surface area (Å²) in [5.41, 5.74) is -4.60. The first-order valence-corrected chi connectivity index (χ1v) is 25.0. The van der Waals surface area contributed by atoms with Gasteiger partial charge >= 0.3 is 23.2 Å². The fourth-order valence-corrected chi connectivity index (χ4v) is 10.0. The van der Waals surface area contributed by atoms with Crippen molar-refractivity contribution in [3.8, 4) is 23.0 Å². The van der Waals surface area contributed by atoms with Gasteiger partial charge in [0.2, 0.25) is 12.6 Å². The quantitative estimate of drug-likeness (QED) is 0.0474. The van der Waals surface area contributed by atoms with Crippen LogP contribution in [0, 0.1) is 34.6 Å². The number of esters is 2. The Morgan fingerprint density at radius 3 is 1.39 bits per heavy atom. The number of carbonyl (C=O) groups excluding carboxylic acids is 4. The summed E-state index contributed by atoms with van der Waals surface area (Å²) in [6, 6.07) is 11.9. The van der Waals surface area contributed by atoms with E-state index in [4.69, 9.17) is 46.7 Å². The van der Waals surface area contributed by atoms with Crippen molar-refractivity contribution in [1.29, 1.82) is 0 Å². The second kappa shape index (κ2) is 21.3. The second-order valence-electron chi connectivity index (χ2n) is 20.5. The summed E-state index contributed by atoms with van der Waals surface area (Å²) in [5.74, 6) is -4.71. The number of amides is 2. The monoisotopic (exact) mass is 1110 g/mol. The number of aryl methyl sites for hydroxylation is 4. The topological polar surface area (TPSA) is 355 Å². The van der Waals surface area contributed by atoms with Crippen molar-refractivity contribution >= 4 is 57.1 Å². The number of ether oxygens (including phenoxy) is 8. The number of benzene rings is 2. The lowest BCUT2D eigenvalue weighted by molar-refractivity contribution is -0.305. The zero-order chi connectivity index (χ0) is 58.0. The number of fused-ring (bicyclic) bond motifs is 2. The van der Waals surface area contributed by atoms with Crippen LogP contribution >= 0.6 is 0 Å². The van der Waals surface area contributed by atoms with Crippen LogP contribution in [-0.4, -0.2) is 134 Å². The zero-order valence-electron chi connectivity index (χ0n) is 45.1. The van der Waals surface area contributed by atoms with E-state index in [-0.39, 0.29) is 72.8 Å². The summed E-state index contributed by atoms with van der Waals surface area (Å²) in [6.45, 7) is 14.6. The highest BCUT2D eigenvalue weighted by Crippen LogP contribution is 2.41. The number of aromatic hydroxyl groups is 2. The van der Waals surface area contributed by atoms with Crippen molar-refractivity contribution in [2.24, 2.45) is 0 Å². The summed E-state index contributed by atoms with van der Waals surface area (Å²) >= 11 is 0. The minimum atomic E-state index is -1.59. The van der Waals surface area contributed by atoms with E-state index in [0.717, 1.165) is 6.20 Å². The molecular formula is C55H59N5O20. The van der Waals surface area contributed by atoms with Crippen molar-refractivity contribution in [3.63, 3.8) is 0 Å². The van der Waals surface area contributed by atoms with Crippen molar-refractivity contribution < 1.29 is 86.3 Å². The molecule has 0 bridgehead atoms. The van der Waals surface area contributed by atoms with Gasteiger partial charge in [0.1, 0.15) is 52.0 Å². The summed E-state index contributed by atoms with van der Waals surface area (Å²) in [6.07, 6.45) is -9.34. The molecule has 0 unspecified atom stereocenters. The Bertz CT molecular complexity index is 3480. The number of carbonyl (C=O) groups is 4. The number of anilines is 2. The van der Waals surface area contributed by atoms with E-state index >= 15 is 0 Å². The molecule has 0 spiro atoms. The Morgan fingerprint density at radius 2 is 1.00 bits per heavy atom. The first-order chi connectivity index (χ1) is 37.7. The van der Waals surface area contributed by atoms with Gasteiger partial charge in [-0.2, -0.15) is 0 Å². The number of hydrogen-bond donors (Lipinski definition) is 9. The fourth-order valence-electron chi connectivity index (χ4n) is 10.0. The summed E-state index contributed by atoms with van der Waals surface area (Å²) < 4.78 is 58.3. The molecule has 80 heavy (non-hydrogen) atoms. The summed E-state index contributed by atoms with van der Waals surface area (Å²) in [7, 11) is 2.76. The molecule has 8 atom stereocenters. The molecule has 2 saturated heterocycles. The molecule has 2 aromatic carbocycles. The van der Waals surface area contributed by atoms with Crippen LogP contribution in [0.4, 0.5) is 11.4 Å². The van der Waals surface area contributed by atoms with E-state index in [0.29, 0.717) is 11.4 Å². The molecule has 2 fully saturated rings. The maximum atomic E-state index is 13.7. The van der Waals surface area contributed by atoms with Gasteiger partial charge in [0.25, 0.3) is 11.8 Å². The second-order valence-corrected chi connectivity index (χ2v) is 20.5. The lowest BCUT2D eigenvalue weighted by atomic mass is 9.89. The SMILES string of the molecule is CO[C@@H]1[C@@H](OC(=O)c2ccc(C)[nH]2)[C@@H](O)[C@@H](Oc2ccc3c(O)c(NC(=O)c4c[nH]c(C(=O)Nc5c(O)c6ccc(O[C@H]7OC(C)(C)[C@H](OC)[C@@H](OC(=O)c8ccc(C)[nH]8)[C@H]7O)c(C)c6oc5=O)c4C)c(=O)oc3c2C)OC1(C)C. The molecule has 7 heterocycles. The predicted octanol–water partition coefficient (Wildman–Crippen LogP) is 5.57. The lowest BCUT2D eigenvalue weighted by Gasteiger charge is -2.47. The number of aliphatic hydroxyl groups excluding tert-OH is 2. The third kappa shape index (κ3) is 10.2. The Balaban J connectivity index is 0.890. The highest BCUT2D eigenvalue weighted by atomic mass is 16.7. The Labute approximate surface area is 454 Å². The van der Waals surface area contributed by atoms with Gasteiger partial charge in [0.05, 0.1) is 27.5 Å². The molecular weight excluding hydrogens is 1050 g/mol. The minimum absolute atomic E-state index is 0.0247. The number of aromatic amines is 3. The van der Waals surface area contributed by atoms with Crippen LogP contribution in [0.5, 0.6) is 23.0 Å². The Hall–Kier alpha value is -8.46. The standard InChI is InChI=1S/C55H59N5O20/c1-21-12-16-29(57-21)48(67)77-42-38(63)52(79-54(6,7)44(42)71-10)73-31-18-14-26-36(61)34(50(69)75-40(26)24(31)4)59-46(65)28-20-56-33(23(28)3)47(66)60-35-37(62)27-15-19-32(25(5)41(27)76-51(35)70)74-53-39(64)43(45(72-11)55(8,9)80-53)78-49(68)30-17-13-22(2)58-30/h12-20,38-39,42-45,52-53,56-58,61-64H,1-11H3,(H,59,65)(H,60,66)/t38-,39-,42+,43+,44-,45-,52+,53+/m1/s1. The lowest BCUT2D eigenvalue weighted by Crippen LogP contribution is -2.65. The predicted molar refractivity (Wildman–Crippen MR) is 281 cm³/mol. The molecule has 7 aromatic rings. The molecule has 25 nitrogen and oxygen atoms in total. The third-order valence-electron chi connectivity index (χ3n) is 14.2. The first-order valence-electron chi connectivity index (χ1n) is 25.0. The molecule has 0 saturated carbocycles. The van der Waals surface area contributed by atoms with Gasteiger partial charge in [0, 0.05) is 42.9 Å². The number of nitrogens with one attached hydrogen (secondary N) is 5. The van der Waals surface area contributed by atoms with Crippen molar-refractivity contribution in [2.75, 3.05) is 24.9 Å². The minimum Gasteiger partial charge on any atom is -0.505 e. The molecule has 2 aliphatic rings. The zero-order valence-corrected chi connectivity index (χ0v) is 45.1. The average molecular weight is 1110 g/mol. The van der Waals surface area contributed by atoms with Gasteiger partial charge in [-0.25, -0.2) is 19.2 Å². The highest BCUT2D eigenvalue weighted by molar-refractivity contribution is 6.12. The maximum absolute atomic E-state index is 13.7. The average Bonchev–Trinajstić information content (AvgIpc) is 4.22. The summed E-state index contributed by atoms with van der Waals surface area (Å²) in [4.78, 5) is 89.0. The van der Waals surface area contributed by atoms with Crippen molar-refractivity contribution in [2.45, 2.75) is 123 Å². The van der Waals surface area contributed by atoms with Crippen molar-refractivity contribution in [3.05, 3.63) is 126 Å². The molecule has 0 radical (unpaired) electrons. The van der Waals surface area contributed by atoms with Crippen LogP contribution < -0.4 is 31.4 Å². The number of methoxy groups -OCH3 is 2. The normalized spacial score (nSPS) is 22.4. The fraction of sp³-hybridized carbons (Fsp3) is 0.382. The van der Waals surface area contributed by atoms with E-state index < -0.39 is 118 Å². The van der Waals surface area contributed by atoms with Gasteiger partial charge in [-0.3, -0.25) is 9.59 Å². The third-order valence-corrected chi connectivity index (χ3v) is 14.2. The molecule has 424 valence electrons. The van der Waals surface area contributed by atoms with Crippen LogP contribution in [0.1, 0.15) is 97.6 Å². The van der Waals surface area contributed by atoms with E-state index in [9.17, 15) is 49.2 Å². The number of aliphatic hydroxyl groups is 2. The van der Waals surface area contributed by atoms with E-state index in [1.165, 1.54) is 71.4 Å². The maximum Gasteiger partial charge on any atom is 0.364 e. The molecule has 2 amide bonds. The Morgan fingerprint density at radius 1 is 0.588 bits per heavy atom. The molecule has 5 aromatic heterocycles. The van der Waals surface area contributed by atoms with Crippen LogP contribution in [0.2, 0.25) is 0 Å². The number of rotatable bonds is 14. The smallest absolute Gasteiger partial charge is 0.364 e. The van der Waals surface area contributed by atoms with Crippen LogP contribution in [0.25, 0.3) is 21.9 Å². The van der Waals surface area contributed by atoms with Gasteiger partial charge in [-0.05, 0) is 116 Å². The molecule has 9 rings (SSSR count). The van der Waals surface area contributed by atoms with E-state index in [1.54, 1.807) is 53.7 Å². The number of H-pyrrole nitrogens is 3. The van der Waals surface area contributed by atoms with E-state index in [2.05, 4.69) is 25.6 Å². The number of hydrogen-bond acceptors (Lipinski definition) is 20.